The Kier molecular flexibility index (Phi) is 3.04. The highest BCUT2D eigenvalue weighted by Gasteiger charge is 2.13. The number of aldehydes is 1. The van der Waals surface area contributed by atoms with Crippen molar-refractivity contribution in [3.63, 3.8) is 0 Å². The van der Waals surface area contributed by atoms with E-state index in [9.17, 15) is 4.79 Å². The number of carbonyl (C=O) groups excluding carboxylic acids is 1. The average molecular weight is 331 g/mol. The van der Waals surface area contributed by atoms with Gasteiger partial charge in [0.05, 0.1) is 11.6 Å². The van der Waals surface area contributed by atoms with Gasteiger partial charge in [-0.15, -0.1) is 0 Å². The molecule has 0 bridgehead atoms. The SMILES string of the molecule is N#Cc1ccc(-c2ccc3ccc4ccc(C=O)c5ccc2c3c45)cc1. The third-order valence-electron chi connectivity index (χ3n) is 5.15. The zero-order valence-electron chi connectivity index (χ0n) is 13.9. The Hall–Kier alpha value is -3.70. The maximum absolute atomic E-state index is 11.5. The van der Waals surface area contributed by atoms with Gasteiger partial charge in [-0.25, -0.2) is 0 Å². The first-order valence-electron chi connectivity index (χ1n) is 8.46. The molecule has 120 valence electrons. The highest BCUT2D eigenvalue weighted by molar-refractivity contribution is 6.27. The summed E-state index contributed by atoms with van der Waals surface area (Å²) in [7, 11) is 0. The van der Waals surface area contributed by atoms with Crippen LogP contribution in [0.2, 0.25) is 0 Å². The average Bonchev–Trinajstić information content (AvgIpc) is 2.71. The highest BCUT2D eigenvalue weighted by atomic mass is 16.1. The van der Waals surface area contributed by atoms with E-state index in [0.717, 1.165) is 44.5 Å². The Morgan fingerprint density at radius 3 is 2.00 bits per heavy atom. The van der Waals surface area contributed by atoms with Crippen LogP contribution in [-0.4, -0.2) is 6.29 Å². The quantitative estimate of drug-likeness (QED) is 0.297. The number of nitrogens with zero attached hydrogens (tertiary/aromatic N) is 1. The Bertz CT molecular complexity index is 1340. The van der Waals surface area contributed by atoms with Gasteiger partial charge in [0, 0.05) is 5.56 Å². The standard InChI is InChI=1S/C24H13NO/c25-13-15-1-3-16(4-2-15)20-10-9-18-6-5-17-7-8-19(14-26)21-11-12-22(20)24(18)23(17)21/h1-12,14H. The van der Waals surface area contributed by atoms with Gasteiger partial charge in [-0.2, -0.15) is 5.26 Å². The number of benzene rings is 5. The molecule has 0 radical (unpaired) electrons. The lowest BCUT2D eigenvalue weighted by atomic mass is 9.88. The van der Waals surface area contributed by atoms with Crippen molar-refractivity contribution in [2.75, 3.05) is 0 Å². The molecule has 0 fully saturated rings. The van der Waals surface area contributed by atoms with Gasteiger partial charge >= 0.3 is 0 Å². The second kappa shape index (κ2) is 5.40. The van der Waals surface area contributed by atoms with E-state index in [-0.39, 0.29) is 0 Å². The van der Waals surface area contributed by atoms with Gasteiger partial charge in [0.25, 0.3) is 0 Å². The molecule has 0 spiro atoms. The Morgan fingerprint density at radius 1 is 0.692 bits per heavy atom. The molecule has 26 heavy (non-hydrogen) atoms. The van der Waals surface area contributed by atoms with Gasteiger partial charge in [-0.1, -0.05) is 60.7 Å². The molecule has 0 aromatic heterocycles. The van der Waals surface area contributed by atoms with Gasteiger partial charge in [-0.3, -0.25) is 4.79 Å². The second-order valence-corrected chi connectivity index (χ2v) is 6.50. The summed E-state index contributed by atoms with van der Waals surface area (Å²) in [5, 5.41) is 15.8. The fraction of sp³-hybridized carbons (Fsp3) is 0. The molecule has 5 aromatic carbocycles. The van der Waals surface area contributed by atoms with Gasteiger partial charge in [-0.05, 0) is 55.6 Å². The maximum Gasteiger partial charge on any atom is 0.150 e. The number of hydrogen-bond donors (Lipinski definition) is 0. The predicted octanol–water partition coefficient (Wildman–Crippen LogP) is 5.94. The summed E-state index contributed by atoms with van der Waals surface area (Å²) in [5.41, 5.74) is 3.59. The molecule has 2 nitrogen and oxygen atoms in total. The van der Waals surface area contributed by atoms with E-state index in [4.69, 9.17) is 5.26 Å². The summed E-state index contributed by atoms with van der Waals surface area (Å²) < 4.78 is 0. The van der Waals surface area contributed by atoms with Crippen molar-refractivity contribution < 1.29 is 4.79 Å². The Labute approximate surface area is 150 Å². The van der Waals surface area contributed by atoms with E-state index in [1.807, 2.05) is 42.5 Å². The molecule has 0 aliphatic carbocycles. The predicted molar refractivity (Wildman–Crippen MR) is 106 cm³/mol. The van der Waals surface area contributed by atoms with Crippen LogP contribution in [0.3, 0.4) is 0 Å². The van der Waals surface area contributed by atoms with Crippen molar-refractivity contribution in [3.8, 4) is 17.2 Å². The molecule has 5 rings (SSSR count). The monoisotopic (exact) mass is 331 g/mol. The molecule has 2 heteroatoms. The van der Waals surface area contributed by atoms with E-state index in [1.165, 1.54) is 10.8 Å². The fourth-order valence-corrected chi connectivity index (χ4v) is 3.90. The number of carbonyl (C=O) groups is 1. The summed E-state index contributed by atoms with van der Waals surface area (Å²) >= 11 is 0. The zero-order valence-corrected chi connectivity index (χ0v) is 13.9. The molecule has 0 heterocycles. The minimum atomic E-state index is 0.655. The van der Waals surface area contributed by atoms with Crippen LogP contribution in [0.1, 0.15) is 15.9 Å². The van der Waals surface area contributed by atoms with Crippen molar-refractivity contribution >= 4 is 38.6 Å². The summed E-state index contributed by atoms with van der Waals surface area (Å²) in [6, 6.07) is 26.4. The largest absolute Gasteiger partial charge is 0.298 e. The lowest BCUT2D eigenvalue weighted by Crippen LogP contribution is -1.90. The van der Waals surface area contributed by atoms with E-state index >= 15 is 0 Å². The third-order valence-corrected chi connectivity index (χ3v) is 5.15. The fourth-order valence-electron chi connectivity index (χ4n) is 3.90. The molecule has 5 aromatic rings. The summed E-state index contributed by atoms with van der Waals surface area (Å²) in [6.45, 7) is 0. The molecular formula is C24H13NO. The van der Waals surface area contributed by atoms with Crippen LogP contribution in [0.4, 0.5) is 0 Å². The maximum atomic E-state index is 11.5. The Balaban J connectivity index is 1.92. The van der Waals surface area contributed by atoms with Crippen molar-refractivity contribution in [2.24, 2.45) is 0 Å². The van der Waals surface area contributed by atoms with Gasteiger partial charge in [0.2, 0.25) is 0 Å². The number of nitriles is 1. The van der Waals surface area contributed by atoms with Gasteiger partial charge in [0.1, 0.15) is 0 Å². The first kappa shape index (κ1) is 14.6. The van der Waals surface area contributed by atoms with Crippen LogP contribution in [-0.2, 0) is 0 Å². The zero-order chi connectivity index (χ0) is 17.7. The van der Waals surface area contributed by atoms with Gasteiger partial charge in [0.15, 0.2) is 6.29 Å². The molecular weight excluding hydrogens is 318 g/mol. The summed E-state index contributed by atoms with van der Waals surface area (Å²) in [4.78, 5) is 11.5. The molecule has 0 saturated carbocycles. The van der Waals surface area contributed by atoms with E-state index < -0.39 is 0 Å². The lowest BCUT2D eigenvalue weighted by Gasteiger charge is -2.15. The van der Waals surface area contributed by atoms with Crippen LogP contribution >= 0.6 is 0 Å². The highest BCUT2D eigenvalue weighted by Crippen LogP contribution is 2.39. The molecule has 0 N–H and O–H groups in total. The van der Waals surface area contributed by atoms with Crippen LogP contribution in [0.5, 0.6) is 0 Å². The van der Waals surface area contributed by atoms with Crippen molar-refractivity contribution in [2.45, 2.75) is 0 Å². The normalized spacial score (nSPS) is 11.2. The van der Waals surface area contributed by atoms with Crippen molar-refractivity contribution in [1.29, 1.82) is 5.26 Å². The second-order valence-electron chi connectivity index (χ2n) is 6.50. The summed E-state index contributed by atoms with van der Waals surface area (Å²) in [6.07, 6.45) is 0.924. The van der Waals surface area contributed by atoms with Crippen molar-refractivity contribution in [3.05, 3.63) is 83.9 Å². The topological polar surface area (TPSA) is 40.9 Å². The molecule has 0 atom stereocenters. The molecule has 0 aliphatic heterocycles. The van der Waals surface area contributed by atoms with Crippen LogP contribution in [0.15, 0.2) is 72.8 Å². The third kappa shape index (κ3) is 1.95. The Morgan fingerprint density at radius 2 is 1.31 bits per heavy atom. The lowest BCUT2D eigenvalue weighted by molar-refractivity contribution is 0.112. The van der Waals surface area contributed by atoms with E-state index in [2.05, 4.69) is 36.4 Å². The van der Waals surface area contributed by atoms with Crippen molar-refractivity contribution in [1.82, 2.24) is 0 Å². The summed E-state index contributed by atoms with van der Waals surface area (Å²) in [5.74, 6) is 0. The van der Waals surface area contributed by atoms with E-state index in [1.54, 1.807) is 0 Å². The van der Waals surface area contributed by atoms with Crippen LogP contribution in [0, 0.1) is 11.3 Å². The first-order chi connectivity index (χ1) is 12.8. The first-order valence-corrected chi connectivity index (χ1v) is 8.46. The van der Waals surface area contributed by atoms with Crippen LogP contribution < -0.4 is 0 Å². The number of hydrogen-bond acceptors (Lipinski definition) is 2. The van der Waals surface area contributed by atoms with Gasteiger partial charge < -0.3 is 0 Å². The molecule has 0 aliphatic rings. The minimum absolute atomic E-state index is 0.655. The molecule has 0 unspecified atom stereocenters. The number of rotatable bonds is 2. The van der Waals surface area contributed by atoms with Crippen LogP contribution in [0.25, 0.3) is 43.4 Å². The molecule has 0 saturated heterocycles. The van der Waals surface area contributed by atoms with E-state index in [0.29, 0.717) is 5.56 Å². The molecule has 0 amide bonds. The minimum Gasteiger partial charge on any atom is -0.298 e. The smallest absolute Gasteiger partial charge is 0.150 e.